The summed E-state index contributed by atoms with van der Waals surface area (Å²) in [6.45, 7) is 2.67. The number of phenolic OH excluding ortho intramolecular Hbond substituents is 1. The highest BCUT2D eigenvalue weighted by molar-refractivity contribution is 5.93. The molecule has 32 heavy (non-hydrogen) atoms. The van der Waals surface area contributed by atoms with E-state index in [1.165, 1.54) is 0 Å². The fourth-order valence-corrected chi connectivity index (χ4v) is 4.92. The number of carbonyl (C=O) groups is 1. The summed E-state index contributed by atoms with van der Waals surface area (Å²) in [7, 11) is 0. The Balaban J connectivity index is 0.00000245. The zero-order valence-corrected chi connectivity index (χ0v) is 18.7. The Morgan fingerprint density at radius 1 is 0.906 bits per heavy atom. The zero-order chi connectivity index (χ0) is 21.2. The van der Waals surface area contributed by atoms with Gasteiger partial charge in [-0.05, 0) is 42.2 Å². The molecule has 2 aliphatic heterocycles. The molecule has 1 atom stereocenters. The summed E-state index contributed by atoms with van der Waals surface area (Å²) in [5.41, 5.74) is 4.31. The van der Waals surface area contributed by atoms with Crippen molar-refractivity contribution >= 4 is 24.1 Å². The minimum Gasteiger partial charge on any atom is -0.508 e. The highest BCUT2D eigenvalue weighted by Crippen LogP contribution is 2.40. The number of fused-ring (bicyclic) bond motifs is 1. The SMILES string of the molecule is Cl.O=C1Nc2ccccc2C(c2ccccc2)N1C1CCN(Cc2cccc(O)c2)CC1. The molecule has 0 saturated carbocycles. The van der Waals surface area contributed by atoms with E-state index in [0.29, 0.717) is 5.75 Å². The van der Waals surface area contributed by atoms with Gasteiger partial charge in [0.2, 0.25) is 0 Å². The minimum absolute atomic E-state index is 0. The fraction of sp³-hybridized carbons (Fsp3) is 0.269. The molecule has 2 aliphatic rings. The second-order valence-corrected chi connectivity index (χ2v) is 8.42. The highest BCUT2D eigenvalue weighted by Gasteiger charge is 2.38. The Labute approximate surface area is 195 Å². The molecule has 6 heteroatoms. The van der Waals surface area contributed by atoms with Crippen molar-refractivity contribution in [2.24, 2.45) is 0 Å². The Morgan fingerprint density at radius 3 is 2.38 bits per heavy atom. The van der Waals surface area contributed by atoms with E-state index in [0.717, 1.165) is 54.9 Å². The van der Waals surface area contributed by atoms with Gasteiger partial charge in [0.05, 0.1) is 6.04 Å². The van der Waals surface area contributed by atoms with Crippen LogP contribution in [0.4, 0.5) is 10.5 Å². The Kier molecular flexibility index (Phi) is 6.68. The van der Waals surface area contributed by atoms with Crippen molar-refractivity contribution < 1.29 is 9.90 Å². The Morgan fingerprint density at radius 2 is 1.62 bits per heavy atom. The van der Waals surface area contributed by atoms with Gasteiger partial charge in [-0.25, -0.2) is 4.79 Å². The largest absolute Gasteiger partial charge is 0.508 e. The maximum atomic E-state index is 13.2. The van der Waals surface area contributed by atoms with Crippen molar-refractivity contribution in [3.63, 3.8) is 0 Å². The van der Waals surface area contributed by atoms with E-state index in [1.54, 1.807) is 6.07 Å². The van der Waals surface area contributed by atoms with Gasteiger partial charge in [-0.15, -0.1) is 12.4 Å². The van der Waals surface area contributed by atoms with Gasteiger partial charge >= 0.3 is 6.03 Å². The molecule has 1 fully saturated rings. The number of nitrogens with zero attached hydrogens (tertiary/aromatic N) is 2. The molecule has 3 aromatic rings. The third-order valence-electron chi connectivity index (χ3n) is 6.39. The molecule has 2 N–H and O–H groups in total. The van der Waals surface area contributed by atoms with Crippen molar-refractivity contribution in [3.8, 4) is 5.75 Å². The van der Waals surface area contributed by atoms with Gasteiger partial charge in [0.1, 0.15) is 5.75 Å². The van der Waals surface area contributed by atoms with Crippen molar-refractivity contribution in [2.45, 2.75) is 31.5 Å². The van der Waals surface area contributed by atoms with Crippen LogP contribution in [0.5, 0.6) is 5.75 Å². The lowest BCUT2D eigenvalue weighted by Crippen LogP contribution is -2.52. The van der Waals surface area contributed by atoms with E-state index in [2.05, 4.69) is 33.3 Å². The Hall–Kier alpha value is -3.02. The van der Waals surface area contributed by atoms with Crippen LogP contribution in [0, 0.1) is 0 Å². The van der Waals surface area contributed by atoms with E-state index < -0.39 is 0 Å². The number of phenols is 1. The summed E-state index contributed by atoms with van der Waals surface area (Å²) in [5, 5.41) is 12.8. The van der Waals surface area contributed by atoms with Crippen LogP contribution in [-0.2, 0) is 6.54 Å². The molecule has 3 aromatic carbocycles. The molecule has 1 unspecified atom stereocenters. The lowest BCUT2D eigenvalue weighted by Gasteiger charge is -2.45. The van der Waals surface area contributed by atoms with E-state index in [1.807, 2.05) is 54.6 Å². The van der Waals surface area contributed by atoms with Crippen molar-refractivity contribution in [1.29, 1.82) is 0 Å². The summed E-state index contributed by atoms with van der Waals surface area (Å²) in [4.78, 5) is 17.7. The van der Waals surface area contributed by atoms with Crippen LogP contribution in [0.1, 0.15) is 35.6 Å². The summed E-state index contributed by atoms with van der Waals surface area (Å²) >= 11 is 0. The smallest absolute Gasteiger partial charge is 0.322 e. The number of aromatic hydroxyl groups is 1. The van der Waals surface area contributed by atoms with Gasteiger partial charge in [0.25, 0.3) is 0 Å². The van der Waals surface area contributed by atoms with Crippen LogP contribution < -0.4 is 5.32 Å². The molecular weight excluding hydrogens is 422 g/mol. The number of hydrogen-bond donors (Lipinski definition) is 2. The van der Waals surface area contributed by atoms with Gasteiger partial charge in [-0.1, -0.05) is 60.7 Å². The second kappa shape index (κ2) is 9.63. The van der Waals surface area contributed by atoms with Crippen LogP contribution in [-0.4, -0.2) is 40.1 Å². The van der Waals surface area contributed by atoms with Crippen molar-refractivity contribution in [1.82, 2.24) is 9.80 Å². The standard InChI is InChI=1S/C26H27N3O2.ClH/c30-22-10-6-7-19(17-22)18-28-15-13-21(14-16-28)29-25(20-8-2-1-3-9-20)23-11-4-5-12-24(23)27-26(29)31;/h1-12,17,21,25,30H,13-16,18H2,(H,27,31);1H. The van der Waals surface area contributed by atoms with E-state index in [9.17, 15) is 9.90 Å². The number of likely N-dealkylation sites (tertiary alicyclic amines) is 1. The lowest BCUT2D eigenvalue weighted by molar-refractivity contribution is 0.106. The van der Waals surface area contributed by atoms with Gasteiger partial charge in [-0.3, -0.25) is 4.90 Å². The Bertz CT molecular complexity index is 1070. The number of carbonyl (C=O) groups excluding carboxylic acids is 1. The molecular formula is C26H28ClN3O2. The number of benzene rings is 3. The van der Waals surface area contributed by atoms with Crippen LogP contribution in [0.3, 0.4) is 0 Å². The molecule has 2 amide bonds. The second-order valence-electron chi connectivity index (χ2n) is 8.42. The quantitative estimate of drug-likeness (QED) is 0.559. The van der Waals surface area contributed by atoms with Gasteiger partial charge in [-0.2, -0.15) is 0 Å². The highest BCUT2D eigenvalue weighted by atomic mass is 35.5. The summed E-state index contributed by atoms with van der Waals surface area (Å²) in [6.07, 6.45) is 1.86. The van der Waals surface area contributed by atoms with Gasteiger partial charge < -0.3 is 15.3 Å². The van der Waals surface area contributed by atoms with Crippen molar-refractivity contribution in [3.05, 3.63) is 95.6 Å². The number of anilines is 1. The molecule has 5 rings (SSSR count). The molecule has 5 nitrogen and oxygen atoms in total. The fourth-order valence-electron chi connectivity index (χ4n) is 4.92. The monoisotopic (exact) mass is 449 g/mol. The zero-order valence-electron chi connectivity index (χ0n) is 17.9. The number of rotatable bonds is 4. The molecule has 0 bridgehead atoms. The number of piperidine rings is 1. The van der Waals surface area contributed by atoms with E-state index in [4.69, 9.17) is 0 Å². The molecule has 0 aliphatic carbocycles. The summed E-state index contributed by atoms with van der Waals surface area (Å²) < 4.78 is 0. The number of hydrogen-bond acceptors (Lipinski definition) is 3. The molecule has 2 heterocycles. The normalized spacial score (nSPS) is 19.1. The average Bonchev–Trinajstić information content (AvgIpc) is 2.79. The number of amides is 2. The third-order valence-corrected chi connectivity index (χ3v) is 6.39. The average molecular weight is 450 g/mol. The minimum atomic E-state index is -0.0752. The van der Waals surface area contributed by atoms with Crippen LogP contribution >= 0.6 is 12.4 Å². The maximum Gasteiger partial charge on any atom is 0.322 e. The van der Waals surface area contributed by atoms with Crippen molar-refractivity contribution in [2.75, 3.05) is 18.4 Å². The predicted molar refractivity (Wildman–Crippen MR) is 129 cm³/mol. The molecule has 0 spiro atoms. The number of para-hydroxylation sites is 1. The van der Waals surface area contributed by atoms with Crippen LogP contribution in [0.25, 0.3) is 0 Å². The number of nitrogens with one attached hydrogen (secondary N) is 1. The third kappa shape index (κ3) is 4.45. The summed E-state index contributed by atoms with van der Waals surface area (Å²) in [5.74, 6) is 0.307. The lowest BCUT2D eigenvalue weighted by atomic mass is 9.90. The molecule has 0 radical (unpaired) electrons. The molecule has 0 aromatic heterocycles. The van der Waals surface area contributed by atoms with Crippen LogP contribution in [0.15, 0.2) is 78.9 Å². The first-order chi connectivity index (χ1) is 15.2. The first-order valence-electron chi connectivity index (χ1n) is 10.9. The number of halogens is 1. The summed E-state index contributed by atoms with van der Waals surface area (Å²) in [6, 6.07) is 26.0. The topological polar surface area (TPSA) is 55.8 Å². The molecule has 1 saturated heterocycles. The first kappa shape index (κ1) is 22.2. The first-order valence-corrected chi connectivity index (χ1v) is 10.9. The maximum absolute atomic E-state index is 13.2. The molecule has 166 valence electrons. The van der Waals surface area contributed by atoms with Gasteiger partial charge in [0.15, 0.2) is 0 Å². The van der Waals surface area contributed by atoms with E-state index in [-0.39, 0.29) is 30.5 Å². The van der Waals surface area contributed by atoms with Gasteiger partial charge in [0, 0.05) is 36.9 Å². The number of urea groups is 1. The van der Waals surface area contributed by atoms with E-state index >= 15 is 0 Å². The predicted octanol–water partition coefficient (Wildman–Crippen LogP) is 5.42. The van der Waals surface area contributed by atoms with Crippen LogP contribution in [0.2, 0.25) is 0 Å².